The number of para-hydroxylation sites is 1. The van der Waals surface area contributed by atoms with Crippen LogP contribution in [0.4, 0.5) is 5.69 Å². The number of thioether (sulfide) groups is 3. The number of aromatic nitrogens is 10. The van der Waals surface area contributed by atoms with Crippen LogP contribution in [0.3, 0.4) is 0 Å². The first-order valence-corrected chi connectivity index (χ1v) is 18.9. The van der Waals surface area contributed by atoms with Crippen molar-refractivity contribution in [2.75, 3.05) is 24.1 Å². The van der Waals surface area contributed by atoms with Gasteiger partial charge in [-0.2, -0.15) is 44.6 Å². The molecule has 3 heterocycles. The van der Waals surface area contributed by atoms with Gasteiger partial charge >= 0.3 is 0 Å². The zero-order chi connectivity index (χ0) is 34.1. The van der Waals surface area contributed by atoms with Crippen LogP contribution in [0, 0.1) is 13.8 Å². The monoisotopic (exact) mass is 699 g/mol. The van der Waals surface area contributed by atoms with Crippen molar-refractivity contribution in [2.24, 2.45) is 0 Å². The molecule has 1 amide bonds. The lowest BCUT2D eigenvalue weighted by atomic mass is 10.2. The second kappa shape index (κ2) is 19.3. The van der Waals surface area contributed by atoms with Crippen LogP contribution in [0.25, 0.3) is 11.4 Å². The van der Waals surface area contributed by atoms with Crippen LogP contribution in [-0.4, -0.2) is 75.1 Å². The lowest BCUT2D eigenvalue weighted by Gasteiger charge is -2.08. The smallest absolute Gasteiger partial charge is 0.255 e. The maximum Gasteiger partial charge on any atom is 0.255 e. The Hall–Kier alpha value is -4.60. The number of hydrogen-bond acceptors (Lipinski definition) is 12. The molecular weight excluding hydrogens is 663 g/mol. The predicted molar refractivity (Wildman–Crippen MR) is 196 cm³/mol. The number of nitrogens with zero attached hydrogens (tertiary/aromatic N) is 10. The molecule has 248 valence electrons. The average molecular weight is 700 g/mol. The molecule has 1 N–H and O–H groups in total. The molecule has 0 saturated heterocycles. The van der Waals surface area contributed by atoms with Gasteiger partial charge in [-0.1, -0.05) is 42.5 Å². The first-order valence-electron chi connectivity index (χ1n) is 14.8. The van der Waals surface area contributed by atoms with E-state index >= 15 is 0 Å². The Labute approximate surface area is 292 Å². The molecule has 0 saturated carbocycles. The van der Waals surface area contributed by atoms with Crippen molar-refractivity contribution in [3.05, 3.63) is 125 Å². The molecule has 0 aliphatic rings. The normalized spacial score (nSPS) is 10.4. The van der Waals surface area contributed by atoms with E-state index in [1.54, 1.807) is 56.8 Å². The molecule has 0 bridgehead atoms. The summed E-state index contributed by atoms with van der Waals surface area (Å²) in [5, 5.41) is 26.2. The predicted octanol–water partition coefficient (Wildman–Crippen LogP) is 6.26. The van der Waals surface area contributed by atoms with Crippen molar-refractivity contribution in [3.63, 3.8) is 0 Å². The van der Waals surface area contributed by atoms with E-state index in [2.05, 4.69) is 52.6 Å². The largest absolute Gasteiger partial charge is 0.322 e. The minimum atomic E-state index is -0.149. The summed E-state index contributed by atoms with van der Waals surface area (Å²) in [4.78, 5) is 20.8. The fourth-order valence-electron chi connectivity index (χ4n) is 4.32. The minimum Gasteiger partial charge on any atom is -0.322 e. The van der Waals surface area contributed by atoms with E-state index in [-0.39, 0.29) is 5.91 Å². The number of anilines is 1. The van der Waals surface area contributed by atoms with Gasteiger partial charge in [-0.05, 0) is 102 Å². The van der Waals surface area contributed by atoms with Gasteiger partial charge in [-0.15, -0.1) is 10.2 Å². The Kier molecular flexibility index (Phi) is 14.6. The van der Waals surface area contributed by atoms with Crippen LogP contribution in [0.1, 0.15) is 39.2 Å². The summed E-state index contributed by atoms with van der Waals surface area (Å²) in [5.41, 5.74) is 5.24. The van der Waals surface area contributed by atoms with Gasteiger partial charge in [0, 0.05) is 22.6 Å². The van der Waals surface area contributed by atoms with Crippen LogP contribution >= 0.6 is 35.3 Å². The van der Waals surface area contributed by atoms with Crippen LogP contribution in [-0.2, 0) is 17.3 Å². The van der Waals surface area contributed by atoms with Crippen molar-refractivity contribution >= 4 is 46.9 Å². The van der Waals surface area contributed by atoms with Crippen molar-refractivity contribution in [2.45, 2.75) is 31.1 Å². The summed E-state index contributed by atoms with van der Waals surface area (Å²) in [6, 6.07) is 28.4. The highest BCUT2D eigenvalue weighted by molar-refractivity contribution is 7.98. The highest BCUT2D eigenvalue weighted by Crippen LogP contribution is 2.17. The molecule has 15 heteroatoms. The molecule has 12 nitrogen and oxygen atoms in total. The summed E-state index contributed by atoms with van der Waals surface area (Å²) < 4.78 is 3.44. The highest BCUT2D eigenvalue weighted by Gasteiger charge is 2.10. The van der Waals surface area contributed by atoms with Gasteiger partial charge in [0.1, 0.15) is 5.82 Å². The third-order valence-electron chi connectivity index (χ3n) is 6.30. The van der Waals surface area contributed by atoms with E-state index in [1.165, 1.54) is 0 Å². The summed E-state index contributed by atoms with van der Waals surface area (Å²) in [5.74, 6) is 4.88. The van der Waals surface area contributed by atoms with Gasteiger partial charge in [0.15, 0.2) is 11.6 Å². The fourth-order valence-corrected chi connectivity index (χ4v) is 5.58. The van der Waals surface area contributed by atoms with E-state index in [0.29, 0.717) is 17.0 Å². The molecule has 3 aromatic carbocycles. The average Bonchev–Trinajstić information content (AvgIpc) is 3.76. The number of amides is 1. The Balaban J connectivity index is 0.000000177. The second-order valence-electron chi connectivity index (χ2n) is 10.1. The minimum absolute atomic E-state index is 0.149. The number of hydrogen-bond donors (Lipinski definition) is 1. The number of aryl methyl sites for hydroxylation is 2. The van der Waals surface area contributed by atoms with Gasteiger partial charge in [0.05, 0.1) is 28.6 Å². The number of carbonyl (C=O) groups excluding carboxylic acids is 1. The second-order valence-corrected chi connectivity index (χ2v) is 12.7. The topological polar surface area (TPSA) is 142 Å². The maximum atomic E-state index is 12.2. The number of tetrazole rings is 2. The number of carbonyl (C=O) groups is 1. The summed E-state index contributed by atoms with van der Waals surface area (Å²) in [6.45, 7) is 4.00. The van der Waals surface area contributed by atoms with E-state index < -0.39 is 0 Å². The molecule has 0 spiro atoms. The van der Waals surface area contributed by atoms with Crippen molar-refractivity contribution in [1.82, 2.24) is 50.4 Å². The van der Waals surface area contributed by atoms with Crippen LogP contribution < -0.4 is 5.32 Å². The van der Waals surface area contributed by atoms with Gasteiger partial charge in [-0.3, -0.25) is 4.79 Å². The molecule has 0 radical (unpaired) electrons. The quantitative estimate of drug-likeness (QED) is 0.172. The lowest BCUT2D eigenvalue weighted by Crippen LogP contribution is -2.12. The summed E-state index contributed by atoms with van der Waals surface area (Å²) in [7, 11) is 0. The molecule has 0 aliphatic carbocycles. The van der Waals surface area contributed by atoms with Crippen molar-refractivity contribution in [1.29, 1.82) is 0 Å². The van der Waals surface area contributed by atoms with Gasteiger partial charge < -0.3 is 5.32 Å². The zero-order valence-electron chi connectivity index (χ0n) is 27.4. The SMILES string of the molecule is CSCc1nc(C)cc(C)n1.CSCc1nnnn1-c1cccc(NC(=O)c2ccccc2)c1.CSCc1nnnn1-c1ccccc1. The molecule has 0 atom stereocenters. The Morgan fingerprint density at radius 1 is 0.646 bits per heavy atom. The van der Waals surface area contributed by atoms with Crippen LogP contribution in [0.5, 0.6) is 0 Å². The number of rotatable bonds is 10. The van der Waals surface area contributed by atoms with Gasteiger partial charge in [0.2, 0.25) is 0 Å². The zero-order valence-corrected chi connectivity index (χ0v) is 29.8. The lowest BCUT2D eigenvalue weighted by molar-refractivity contribution is 0.102. The maximum absolute atomic E-state index is 12.2. The Morgan fingerprint density at radius 3 is 1.73 bits per heavy atom. The number of benzene rings is 3. The molecule has 3 aromatic heterocycles. The Morgan fingerprint density at radius 2 is 1.17 bits per heavy atom. The van der Waals surface area contributed by atoms with Crippen LogP contribution in [0.2, 0.25) is 0 Å². The molecular formula is C33H37N11OS3. The fraction of sp³-hybridized carbons (Fsp3) is 0.242. The van der Waals surface area contributed by atoms with Crippen molar-refractivity contribution in [3.8, 4) is 11.4 Å². The van der Waals surface area contributed by atoms with E-state index in [1.807, 2.05) is 105 Å². The first-order chi connectivity index (χ1) is 23.4. The van der Waals surface area contributed by atoms with Crippen LogP contribution in [0.15, 0.2) is 91.0 Å². The molecule has 6 rings (SSSR count). The van der Waals surface area contributed by atoms with Gasteiger partial charge in [-0.25, -0.2) is 9.97 Å². The summed E-state index contributed by atoms with van der Waals surface area (Å²) >= 11 is 5.10. The van der Waals surface area contributed by atoms with Crippen molar-refractivity contribution < 1.29 is 4.79 Å². The molecule has 6 aromatic rings. The molecule has 0 aliphatic heterocycles. The van der Waals surface area contributed by atoms with E-state index in [4.69, 9.17) is 0 Å². The number of nitrogens with one attached hydrogen (secondary N) is 1. The highest BCUT2D eigenvalue weighted by atomic mass is 32.2. The molecule has 0 unspecified atom stereocenters. The third kappa shape index (κ3) is 11.0. The first kappa shape index (κ1) is 36.2. The van der Waals surface area contributed by atoms with E-state index in [9.17, 15) is 4.79 Å². The molecule has 48 heavy (non-hydrogen) atoms. The molecule has 0 fully saturated rings. The standard InChI is InChI=1S/C16H15N5OS.C9H10N4S.C8H12N2S/c1-23-11-15-18-19-20-21(15)14-9-5-8-13(10-14)17-16(22)12-6-3-2-4-7-12;1-14-7-9-10-11-12-13(9)8-5-3-2-4-6-8;1-6-4-7(2)10-8(9-6)5-11-3/h2-10H,11H2,1H3,(H,17,22);2-6H,7H2,1H3;4H,5H2,1-3H3. The Bertz CT molecular complexity index is 1830. The third-order valence-corrected chi connectivity index (χ3v) is 7.94. The summed E-state index contributed by atoms with van der Waals surface area (Å²) in [6.07, 6.45) is 6.08. The van der Waals surface area contributed by atoms with E-state index in [0.717, 1.165) is 51.7 Å². The van der Waals surface area contributed by atoms with Gasteiger partial charge in [0.25, 0.3) is 5.91 Å².